The third-order valence-electron chi connectivity index (χ3n) is 6.32. The van der Waals surface area contributed by atoms with E-state index in [4.69, 9.17) is 21.3 Å². The molecule has 0 saturated carbocycles. The maximum absolute atomic E-state index is 12.7. The molecule has 1 unspecified atom stereocenters. The summed E-state index contributed by atoms with van der Waals surface area (Å²) in [5.74, 6) is 0.513. The van der Waals surface area contributed by atoms with E-state index in [1.54, 1.807) is 6.20 Å². The van der Waals surface area contributed by atoms with Crippen molar-refractivity contribution in [2.75, 3.05) is 38.2 Å². The predicted octanol–water partition coefficient (Wildman–Crippen LogP) is 4.09. The van der Waals surface area contributed by atoms with Gasteiger partial charge in [-0.3, -0.25) is 4.79 Å². The molecule has 1 amide bonds. The minimum absolute atomic E-state index is 0.0229. The second-order valence-corrected chi connectivity index (χ2v) is 9.20. The number of benzene rings is 1. The highest BCUT2D eigenvalue weighted by Crippen LogP contribution is 2.37. The maximum Gasteiger partial charge on any atom is 0.254 e. The smallest absolute Gasteiger partial charge is 0.254 e. The summed E-state index contributed by atoms with van der Waals surface area (Å²) in [5, 5.41) is 7.28. The Morgan fingerprint density at radius 1 is 1.23 bits per heavy atom. The molecule has 1 aromatic heterocycles. The zero-order valence-electron chi connectivity index (χ0n) is 19.9. The first-order valence-corrected chi connectivity index (χ1v) is 12.3. The molecule has 1 saturated heterocycles. The number of amides is 1. The lowest BCUT2D eigenvalue weighted by molar-refractivity contribution is 0.0303. The van der Waals surface area contributed by atoms with Crippen molar-refractivity contribution in [1.82, 2.24) is 25.1 Å². The van der Waals surface area contributed by atoms with E-state index in [-0.39, 0.29) is 11.9 Å². The second kappa shape index (κ2) is 10.1. The molecule has 2 N–H and O–H groups in total. The molecule has 2 aromatic rings. The van der Waals surface area contributed by atoms with Crippen molar-refractivity contribution in [3.05, 3.63) is 76.5 Å². The SMILES string of the molecule is CCCN1C=C(c2ccnc(Nc3ccc(C(=O)N4CCOCC4)cc3)n2)C2NC(Cl)=CC(C)=C21. The van der Waals surface area contributed by atoms with Gasteiger partial charge in [0.1, 0.15) is 5.16 Å². The molecule has 9 heteroatoms. The number of ether oxygens (including phenoxy) is 1. The van der Waals surface area contributed by atoms with Gasteiger partial charge in [0.2, 0.25) is 5.95 Å². The lowest BCUT2D eigenvalue weighted by Gasteiger charge is -2.28. The van der Waals surface area contributed by atoms with Crippen molar-refractivity contribution < 1.29 is 9.53 Å². The molecule has 1 atom stereocenters. The van der Waals surface area contributed by atoms with Crippen LogP contribution in [0.25, 0.3) is 5.57 Å². The number of hydrogen-bond acceptors (Lipinski definition) is 7. The largest absolute Gasteiger partial charge is 0.378 e. The molecule has 1 fully saturated rings. The lowest BCUT2D eigenvalue weighted by atomic mass is 9.99. The molecule has 5 rings (SSSR count). The van der Waals surface area contributed by atoms with Crippen LogP contribution in [-0.2, 0) is 4.74 Å². The van der Waals surface area contributed by atoms with Gasteiger partial charge in [-0.1, -0.05) is 18.5 Å². The fraction of sp³-hybridized carbons (Fsp3) is 0.346. The fourth-order valence-electron chi connectivity index (χ4n) is 4.66. The first kappa shape index (κ1) is 23.4. The van der Waals surface area contributed by atoms with E-state index in [0.717, 1.165) is 35.5 Å². The minimum Gasteiger partial charge on any atom is -0.378 e. The van der Waals surface area contributed by atoms with Crippen molar-refractivity contribution in [2.24, 2.45) is 0 Å². The summed E-state index contributed by atoms with van der Waals surface area (Å²) in [5.41, 5.74) is 5.71. The second-order valence-electron chi connectivity index (χ2n) is 8.79. The van der Waals surface area contributed by atoms with E-state index in [9.17, 15) is 4.79 Å². The van der Waals surface area contributed by atoms with Gasteiger partial charge >= 0.3 is 0 Å². The van der Waals surface area contributed by atoms with Crippen LogP contribution in [0.4, 0.5) is 11.6 Å². The van der Waals surface area contributed by atoms with E-state index in [1.807, 2.05) is 41.3 Å². The lowest BCUT2D eigenvalue weighted by Crippen LogP contribution is -2.40. The van der Waals surface area contributed by atoms with E-state index in [2.05, 4.69) is 40.6 Å². The summed E-state index contributed by atoms with van der Waals surface area (Å²) in [6.45, 7) is 7.60. The topological polar surface area (TPSA) is 82.6 Å². The summed E-state index contributed by atoms with van der Waals surface area (Å²) in [6, 6.07) is 9.26. The first-order chi connectivity index (χ1) is 17.0. The molecule has 182 valence electrons. The Morgan fingerprint density at radius 2 is 2.00 bits per heavy atom. The van der Waals surface area contributed by atoms with Crippen LogP contribution in [0, 0.1) is 0 Å². The van der Waals surface area contributed by atoms with Gasteiger partial charge in [-0.2, -0.15) is 0 Å². The van der Waals surface area contributed by atoms with Gasteiger partial charge in [0.05, 0.1) is 24.9 Å². The Kier molecular flexibility index (Phi) is 6.74. The molecule has 1 aromatic carbocycles. The molecule has 35 heavy (non-hydrogen) atoms. The van der Waals surface area contributed by atoms with E-state index in [0.29, 0.717) is 43.0 Å². The van der Waals surface area contributed by atoms with Crippen molar-refractivity contribution in [3.63, 3.8) is 0 Å². The number of carbonyl (C=O) groups excluding carboxylic acids is 1. The average molecular weight is 493 g/mol. The molecule has 3 aliphatic rings. The number of anilines is 2. The Morgan fingerprint density at radius 3 is 2.74 bits per heavy atom. The Bertz CT molecular complexity index is 1200. The average Bonchev–Trinajstić information content (AvgIpc) is 3.23. The summed E-state index contributed by atoms with van der Waals surface area (Å²) in [4.78, 5) is 26.0. The number of allylic oxidation sites excluding steroid dienone is 2. The van der Waals surface area contributed by atoms with Gasteiger partial charge in [-0.25, -0.2) is 9.97 Å². The molecular weight excluding hydrogens is 464 g/mol. The number of fused-ring (bicyclic) bond motifs is 1. The summed E-state index contributed by atoms with van der Waals surface area (Å²) < 4.78 is 5.34. The Hall–Kier alpha value is -3.36. The van der Waals surface area contributed by atoms with Gasteiger partial charge in [0.15, 0.2) is 0 Å². The number of carbonyl (C=O) groups is 1. The van der Waals surface area contributed by atoms with Crippen LogP contribution in [0.5, 0.6) is 0 Å². The monoisotopic (exact) mass is 492 g/mol. The van der Waals surface area contributed by atoms with Crippen LogP contribution >= 0.6 is 11.6 Å². The molecule has 3 aliphatic heterocycles. The molecule has 8 nitrogen and oxygen atoms in total. The van der Waals surface area contributed by atoms with Gasteiger partial charge in [-0.15, -0.1) is 0 Å². The zero-order chi connectivity index (χ0) is 24.4. The summed E-state index contributed by atoms with van der Waals surface area (Å²) >= 11 is 6.37. The van der Waals surface area contributed by atoms with Gasteiger partial charge < -0.3 is 25.2 Å². The quantitative estimate of drug-likeness (QED) is 0.588. The Balaban J connectivity index is 1.34. The number of hydrogen-bond donors (Lipinski definition) is 2. The van der Waals surface area contributed by atoms with Crippen LogP contribution in [0.2, 0.25) is 0 Å². The highest BCUT2D eigenvalue weighted by molar-refractivity contribution is 6.29. The number of dihydropyridines is 1. The zero-order valence-corrected chi connectivity index (χ0v) is 20.7. The third kappa shape index (κ3) is 4.90. The molecule has 0 radical (unpaired) electrons. The molecule has 0 aliphatic carbocycles. The number of rotatable bonds is 6. The van der Waals surface area contributed by atoms with Crippen molar-refractivity contribution >= 4 is 34.7 Å². The van der Waals surface area contributed by atoms with Crippen molar-refractivity contribution in [3.8, 4) is 0 Å². The van der Waals surface area contributed by atoms with Crippen LogP contribution in [0.15, 0.2) is 65.2 Å². The molecule has 4 heterocycles. The highest BCUT2D eigenvalue weighted by Gasteiger charge is 2.35. The molecule has 0 bridgehead atoms. The number of nitrogens with one attached hydrogen (secondary N) is 2. The third-order valence-corrected chi connectivity index (χ3v) is 6.54. The van der Waals surface area contributed by atoms with Crippen molar-refractivity contribution in [1.29, 1.82) is 0 Å². The van der Waals surface area contributed by atoms with Crippen LogP contribution in [0.3, 0.4) is 0 Å². The number of halogens is 1. The number of morpholine rings is 1. The van der Waals surface area contributed by atoms with Crippen LogP contribution in [0.1, 0.15) is 36.3 Å². The maximum atomic E-state index is 12.7. The summed E-state index contributed by atoms with van der Waals surface area (Å²) in [6.07, 6.45) is 6.90. The first-order valence-electron chi connectivity index (χ1n) is 11.9. The molecule has 0 spiro atoms. The highest BCUT2D eigenvalue weighted by atomic mass is 35.5. The summed E-state index contributed by atoms with van der Waals surface area (Å²) in [7, 11) is 0. The van der Waals surface area contributed by atoms with E-state index >= 15 is 0 Å². The van der Waals surface area contributed by atoms with Crippen molar-refractivity contribution in [2.45, 2.75) is 26.3 Å². The molecular formula is C26H29ClN6O2. The fourth-order valence-corrected chi connectivity index (χ4v) is 4.94. The number of aromatic nitrogens is 2. The normalized spacial score (nSPS) is 19.7. The van der Waals surface area contributed by atoms with Gasteiger partial charge in [-0.05, 0) is 55.3 Å². The predicted molar refractivity (Wildman–Crippen MR) is 137 cm³/mol. The van der Waals surface area contributed by atoms with Gasteiger partial charge in [0, 0.05) is 54.6 Å². The standard InChI is InChI=1S/C26H29ClN6O2/c1-3-10-33-16-20(23-24(33)17(2)15-22(27)31-23)21-8-9-28-26(30-21)29-19-6-4-18(5-7-19)25(34)32-11-13-35-14-12-32/h4-9,15-16,23,31H,3,10-14H2,1-2H3,(H,28,29,30). The van der Waals surface area contributed by atoms with E-state index < -0.39 is 0 Å². The van der Waals surface area contributed by atoms with Gasteiger partial charge in [0.25, 0.3) is 5.91 Å². The Labute approximate surface area is 210 Å². The van der Waals surface area contributed by atoms with E-state index in [1.165, 1.54) is 5.70 Å². The van der Waals surface area contributed by atoms with Crippen LogP contribution < -0.4 is 10.6 Å². The minimum atomic E-state index is -0.0488. The van der Waals surface area contributed by atoms with Crippen LogP contribution in [-0.4, -0.2) is 64.6 Å². The number of nitrogens with zero attached hydrogens (tertiary/aromatic N) is 4.